The minimum Gasteiger partial charge on any atom is -0.331 e. The number of aryl methyl sites for hydroxylation is 1. The van der Waals surface area contributed by atoms with Crippen molar-refractivity contribution in [2.24, 2.45) is 0 Å². The Balaban J connectivity index is 1.34. The summed E-state index contributed by atoms with van der Waals surface area (Å²) in [5.74, 6) is 0.479. The van der Waals surface area contributed by atoms with Crippen LogP contribution in [0.25, 0.3) is 5.69 Å². The van der Waals surface area contributed by atoms with Gasteiger partial charge in [-0.05, 0) is 44.4 Å². The molecular weight excluding hydrogens is 370 g/mol. The second-order valence-corrected chi connectivity index (χ2v) is 8.57. The molecule has 4 rings (SSSR count). The summed E-state index contributed by atoms with van der Waals surface area (Å²) in [6.07, 6.45) is 9.34. The molecule has 146 valence electrons. The van der Waals surface area contributed by atoms with Crippen molar-refractivity contribution >= 4 is 17.4 Å². The number of piperidine rings is 1. The lowest BCUT2D eigenvalue weighted by molar-refractivity contribution is 0.178. The molecule has 2 amide bonds. The fourth-order valence-electron chi connectivity index (χ4n) is 3.62. The number of likely N-dealkylation sites (tertiary alicyclic amines) is 1. The number of thiazole rings is 1. The van der Waals surface area contributed by atoms with Crippen LogP contribution in [-0.4, -0.2) is 38.6 Å². The Morgan fingerprint density at radius 2 is 2.14 bits per heavy atom. The summed E-state index contributed by atoms with van der Waals surface area (Å²) in [7, 11) is 0. The third kappa shape index (κ3) is 4.09. The predicted molar refractivity (Wildman–Crippen MR) is 111 cm³/mol. The van der Waals surface area contributed by atoms with Crippen LogP contribution < -0.4 is 5.32 Å². The molecule has 0 radical (unpaired) electrons. The van der Waals surface area contributed by atoms with Crippen molar-refractivity contribution in [3.8, 4) is 5.69 Å². The van der Waals surface area contributed by atoms with E-state index < -0.39 is 0 Å². The van der Waals surface area contributed by atoms with Crippen LogP contribution >= 0.6 is 11.3 Å². The molecule has 3 heterocycles. The molecule has 28 heavy (non-hydrogen) atoms. The van der Waals surface area contributed by atoms with Gasteiger partial charge in [-0.1, -0.05) is 12.1 Å². The number of amides is 2. The Morgan fingerprint density at radius 1 is 1.32 bits per heavy atom. The average Bonchev–Trinajstić information content (AvgIpc) is 3.40. The highest BCUT2D eigenvalue weighted by Gasteiger charge is 2.26. The van der Waals surface area contributed by atoms with Crippen LogP contribution in [0, 0.1) is 6.92 Å². The topological polar surface area (TPSA) is 63.1 Å². The highest BCUT2D eigenvalue weighted by atomic mass is 32.1. The van der Waals surface area contributed by atoms with Crippen LogP contribution in [0.4, 0.5) is 4.79 Å². The first-order valence-corrected chi connectivity index (χ1v) is 10.5. The molecule has 1 fully saturated rings. The second kappa shape index (κ2) is 8.14. The first kappa shape index (κ1) is 18.7. The van der Waals surface area contributed by atoms with Crippen LogP contribution in [0.1, 0.15) is 47.2 Å². The molecule has 3 aromatic rings. The third-order valence-electron chi connectivity index (χ3n) is 5.28. The maximum atomic E-state index is 12.7. The van der Waals surface area contributed by atoms with Crippen molar-refractivity contribution in [3.05, 3.63) is 64.6 Å². The minimum atomic E-state index is -0.0599. The van der Waals surface area contributed by atoms with Gasteiger partial charge in [-0.25, -0.2) is 14.8 Å². The van der Waals surface area contributed by atoms with Gasteiger partial charge in [-0.2, -0.15) is 0 Å². The number of carbonyl (C=O) groups excluding carboxylic acids is 1. The van der Waals surface area contributed by atoms with E-state index in [-0.39, 0.29) is 12.1 Å². The van der Waals surface area contributed by atoms with Gasteiger partial charge < -0.3 is 14.8 Å². The minimum absolute atomic E-state index is 0.00861. The number of carbonyl (C=O) groups is 1. The van der Waals surface area contributed by atoms with E-state index in [1.54, 1.807) is 23.9 Å². The molecule has 1 atom stereocenters. The Bertz CT molecular complexity index is 928. The lowest BCUT2D eigenvalue weighted by Gasteiger charge is -2.32. The molecule has 0 spiro atoms. The summed E-state index contributed by atoms with van der Waals surface area (Å²) >= 11 is 1.78. The number of nitrogens with one attached hydrogen (secondary N) is 1. The number of hydrogen-bond acceptors (Lipinski definition) is 4. The van der Waals surface area contributed by atoms with Crippen molar-refractivity contribution in [2.75, 3.05) is 13.1 Å². The van der Waals surface area contributed by atoms with Gasteiger partial charge >= 0.3 is 6.03 Å². The molecule has 0 saturated carbocycles. The van der Waals surface area contributed by atoms with Gasteiger partial charge in [0.1, 0.15) is 0 Å². The lowest BCUT2D eigenvalue weighted by Crippen LogP contribution is -2.44. The Kier molecular flexibility index (Phi) is 5.43. The van der Waals surface area contributed by atoms with Gasteiger partial charge in [0.05, 0.1) is 17.4 Å². The quantitative estimate of drug-likeness (QED) is 0.717. The van der Waals surface area contributed by atoms with E-state index in [2.05, 4.69) is 28.3 Å². The summed E-state index contributed by atoms with van der Waals surface area (Å²) in [6, 6.07) is 8.12. The van der Waals surface area contributed by atoms with Gasteiger partial charge in [0.25, 0.3) is 0 Å². The van der Waals surface area contributed by atoms with E-state index in [1.165, 1.54) is 9.88 Å². The normalized spacial score (nSPS) is 16.1. The molecule has 1 saturated heterocycles. The predicted octanol–water partition coefficient (Wildman–Crippen LogP) is 4.29. The van der Waals surface area contributed by atoms with Crippen LogP contribution in [0.2, 0.25) is 0 Å². The second-order valence-electron chi connectivity index (χ2n) is 7.31. The summed E-state index contributed by atoms with van der Waals surface area (Å²) in [5, 5.41) is 4.36. The van der Waals surface area contributed by atoms with Crippen molar-refractivity contribution in [2.45, 2.75) is 38.6 Å². The highest BCUT2D eigenvalue weighted by molar-refractivity contribution is 7.11. The standard InChI is InChI=1S/C21H25N5OS/c1-15-13-23-20(28-15)17-6-9-25(10-7-17)21(27)24-16(2)18-4-3-5-19(12-18)26-11-8-22-14-26/h3-5,8,11-14,16-17H,6-7,9-10H2,1-2H3,(H,24,27). The SMILES string of the molecule is Cc1cnc(C2CCN(C(=O)NC(C)c3cccc(-n4ccnc4)c3)CC2)s1. The summed E-state index contributed by atoms with van der Waals surface area (Å²) < 4.78 is 1.96. The van der Waals surface area contributed by atoms with E-state index in [1.807, 2.05) is 47.0 Å². The Hall–Kier alpha value is -2.67. The zero-order chi connectivity index (χ0) is 19.5. The zero-order valence-electron chi connectivity index (χ0n) is 16.2. The number of hydrogen-bond donors (Lipinski definition) is 1. The van der Waals surface area contributed by atoms with E-state index in [0.29, 0.717) is 5.92 Å². The molecule has 6 nitrogen and oxygen atoms in total. The van der Waals surface area contributed by atoms with E-state index in [9.17, 15) is 4.79 Å². The Morgan fingerprint density at radius 3 is 2.82 bits per heavy atom. The molecule has 7 heteroatoms. The molecule has 2 aromatic heterocycles. The molecule has 0 aliphatic carbocycles. The van der Waals surface area contributed by atoms with Gasteiger partial charge in [0.15, 0.2) is 0 Å². The van der Waals surface area contributed by atoms with Crippen LogP contribution in [0.3, 0.4) is 0 Å². The molecule has 0 bridgehead atoms. The third-order valence-corrected chi connectivity index (χ3v) is 6.36. The monoisotopic (exact) mass is 395 g/mol. The summed E-state index contributed by atoms with van der Waals surface area (Å²) in [5.41, 5.74) is 2.11. The first-order chi connectivity index (χ1) is 13.6. The molecule has 1 aliphatic heterocycles. The van der Waals surface area contributed by atoms with Gasteiger partial charge in [0, 0.05) is 48.2 Å². The summed E-state index contributed by atoms with van der Waals surface area (Å²) in [4.78, 5) is 24.5. The fraction of sp³-hybridized carbons (Fsp3) is 0.381. The van der Waals surface area contributed by atoms with Crippen molar-refractivity contribution in [1.82, 2.24) is 24.8 Å². The average molecular weight is 396 g/mol. The zero-order valence-corrected chi connectivity index (χ0v) is 17.0. The number of urea groups is 1. The van der Waals surface area contributed by atoms with Gasteiger partial charge in [-0.15, -0.1) is 11.3 Å². The maximum Gasteiger partial charge on any atom is 0.317 e. The van der Waals surface area contributed by atoms with E-state index in [0.717, 1.165) is 37.2 Å². The molecular formula is C21H25N5OS. The number of imidazole rings is 1. The van der Waals surface area contributed by atoms with Gasteiger partial charge in [0.2, 0.25) is 0 Å². The highest BCUT2D eigenvalue weighted by Crippen LogP contribution is 2.31. The molecule has 1 aliphatic rings. The lowest BCUT2D eigenvalue weighted by atomic mass is 9.98. The van der Waals surface area contributed by atoms with Crippen LogP contribution in [0.5, 0.6) is 0 Å². The molecule has 1 aromatic carbocycles. The largest absolute Gasteiger partial charge is 0.331 e. The first-order valence-electron chi connectivity index (χ1n) is 9.66. The maximum absolute atomic E-state index is 12.7. The van der Waals surface area contributed by atoms with Crippen molar-refractivity contribution in [1.29, 1.82) is 0 Å². The summed E-state index contributed by atoms with van der Waals surface area (Å²) in [6.45, 7) is 5.66. The molecule has 1 unspecified atom stereocenters. The molecule has 1 N–H and O–H groups in total. The van der Waals surface area contributed by atoms with Crippen molar-refractivity contribution < 1.29 is 4.79 Å². The Labute approximate surface area is 169 Å². The van der Waals surface area contributed by atoms with Crippen molar-refractivity contribution in [3.63, 3.8) is 0 Å². The smallest absolute Gasteiger partial charge is 0.317 e. The van der Waals surface area contributed by atoms with Gasteiger partial charge in [-0.3, -0.25) is 0 Å². The fourth-order valence-corrected chi connectivity index (χ4v) is 4.56. The number of benzene rings is 1. The van der Waals surface area contributed by atoms with E-state index in [4.69, 9.17) is 0 Å². The van der Waals surface area contributed by atoms with Crippen LogP contribution in [-0.2, 0) is 0 Å². The van der Waals surface area contributed by atoms with E-state index >= 15 is 0 Å². The van der Waals surface area contributed by atoms with Crippen LogP contribution in [0.15, 0.2) is 49.2 Å². The number of nitrogens with zero attached hydrogens (tertiary/aromatic N) is 4. The number of aromatic nitrogens is 3. The number of rotatable bonds is 4.